The lowest BCUT2D eigenvalue weighted by Gasteiger charge is -2.12. The Morgan fingerprint density at radius 1 is 1.44 bits per heavy atom. The molecule has 0 aliphatic rings. The summed E-state index contributed by atoms with van der Waals surface area (Å²) >= 11 is 2.23. The van der Waals surface area contributed by atoms with Gasteiger partial charge in [-0.3, -0.25) is 0 Å². The second-order valence-electron chi connectivity index (χ2n) is 3.47. The summed E-state index contributed by atoms with van der Waals surface area (Å²) in [6.45, 7) is 3.47. The van der Waals surface area contributed by atoms with Crippen LogP contribution in [0.2, 0.25) is 0 Å². The van der Waals surface area contributed by atoms with E-state index < -0.39 is 6.09 Å². The molecule has 0 bridgehead atoms. The summed E-state index contributed by atoms with van der Waals surface area (Å²) in [6.07, 6.45) is 1.41. The molecule has 0 aliphatic heterocycles. The van der Waals surface area contributed by atoms with E-state index in [0.717, 1.165) is 10.1 Å². The zero-order valence-electron chi connectivity index (χ0n) is 10.9. The molecule has 1 aromatic carbocycles. The van der Waals surface area contributed by atoms with Gasteiger partial charge in [-0.05, 0) is 24.3 Å². The molecule has 1 aromatic rings. The van der Waals surface area contributed by atoms with Crippen LogP contribution in [-0.4, -0.2) is 31.7 Å². The van der Waals surface area contributed by atoms with Gasteiger partial charge in [-0.15, -0.1) is 6.58 Å². The van der Waals surface area contributed by atoms with Crippen LogP contribution in [0.25, 0.3) is 0 Å². The Balaban J connectivity index is 0.000000631. The second kappa shape index (κ2) is 9.76. The van der Waals surface area contributed by atoms with E-state index >= 15 is 0 Å². The Labute approximate surface area is 122 Å². The monoisotopic (exact) mass is 362 g/mol. The quantitative estimate of drug-likeness (QED) is 0.511. The van der Waals surface area contributed by atoms with Gasteiger partial charge < -0.3 is 15.0 Å². The highest BCUT2D eigenvalue weighted by Gasteiger charge is 2.01. The SMILES string of the molecule is C=CCI.CNC(=O)Oc1ccc(N(C)C)cc1. The number of nitrogens with one attached hydrogen (secondary N) is 1. The minimum absolute atomic E-state index is 0.456. The number of carbonyl (C=O) groups is 1. The predicted octanol–water partition coefficient (Wildman–Crippen LogP) is 3.08. The van der Waals surface area contributed by atoms with Gasteiger partial charge in [0.05, 0.1) is 0 Å². The maximum atomic E-state index is 10.9. The van der Waals surface area contributed by atoms with Crippen LogP contribution >= 0.6 is 22.6 Å². The maximum absolute atomic E-state index is 10.9. The van der Waals surface area contributed by atoms with Crippen LogP contribution in [0.4, 0.5) is 10.5 Å². The number of nitrogens with zero attached hydrogens (tertiary/aromatic N) is 1. The van der Waals surface area contributed by atoms with E-state index in [2.05, 4.69) is 34.5 Å². The number of alkyl halides is 1. The lowest BCUT2D eigenvalue weighted by atomic mass is 10.3. The number of ether oxygens (including phenoxy) is 1. The first-order valence-electron chi connectivity index (χ1n) is 5.39. The summed E-state index contributed by atoms with van der Waals surface area (Å²) < 4.78 is 5.98. The normalized spacial score (nSPS) is 8.67. The van der Waals surface area contributed by atoms with Gasteiger partial charge in [0.1, 0.15) is 5.75 Å². The molecule has 0 aliphatic carbocycles. The molecule has 0 spiro atoms. The molecule has 0 fully saturated rings. The number of benzene rings is 1. The van der Waals surface area contributed by atoms with E-state index in [1.165, 1.54) is 7.05 Å². The summed E-state index contributed by atoms with van der Waals surface area (Å²) in [5, 5.41) is 2.38. The zero-order chi connectivity index (χ0) is 14.0. The fourth-order valence-electron chi connectivity index (χ4n) is 0.970. The van der Waals surface area contributed by atoms with Crippen LogP contribution in [0.15, 0.2) is 36.9 Å². The Morgan fingerprint density at radius 3 is 2.28 bits per heavy atom. The maximum Gasteiger partial charge on any atom is 0.412 e. The standard InChI is InChI=1S/C10H14N2O2.C3H5I/c1-11-10(13)14-9-6-4-8(5-7-9)12(2)3;1-2-3-4/h4-7H,1-3H3,(H,11,13);2H,1,3H2. The topological polar surface area (TPSA) is 41.6 Å². The van der Waals surface area contributed by atoms with Crippen LogP contribution in [0.1, 0.15) is 0 Å². The summed E-state index contributed by atoms with van der Waals surface area (Å²) in [6, 6.07) is 7.28. The molecule has 18 heavy (non-hydrogen) atoms. The first-order valence-corrected chi connectivity index (χ1v) is 6.91. The highest BCUT2D eigenvalue weighted by molar-refractivity contribution is 14.1. The van der Waals surface area contributed by atoms with Crippen molar-refractivity contribution in [1.82, 2.24) is 5.32 Å². The molecule has 0 aromatic heterocycles. The number of allylic oxidation sites excluding steroid dienone is 1. The van der Waals surface area contributed by atoms with Crippen LogP contribution in [0.5, 0.6) is 5.75 Å². The van der Waals surface area contributed by atoms with Crippen molar-refractivity contribution in [3.63, 3.8) is 0 Å². The molecule has 1 amide bonds. The summed E-state index contributed by atoms with van der Waals surface area (Å²) in [5.74, 6) is 0.537. The largest absolute Gasteiger partial charge is 0.412 e. The summed E-state index contributed by atoms with van der Waals surface area (Å²) in [4.78, 5) is 12.8. The van der Waals surface area contributed by atoms with Crippen molar-refractivity contribution in [3.05, 3.63) is 36.9 Å². The third-order valence-electron chi connectivity index (χ3n) is 1.88. The van der Waals surface area contributed by atoms with Crippen molar-refractivity contribution < 1.29 is 9.53 Å². The van der Waals surface area contributed by atoms with Crippen molar-refractivity contribution in [2.75, 3.05) is 30.5 Å². The average molecular weight is 362 g/mol. The Morgan fingerprint density at radius 2 is 1.94 bits per heavy atom. The summed E-state index contributed by atoms with van der Waals surface area (Å²) in [5.41, 5.74) is 1.06. The number of anilines is 1. The fourth-order valence-corrected chi connectivity index (χ4v) is 0.970. The van der Waals surface area contributed by atoms with Crippen molar-refractivity contribution in [1.29, 1.82) is 0 Å². The number of amides is 1. The lowest BCUT2D eigenvalue weighted by Crippen LogP contribution is -2.22. The molecule has 1 rings (SSSR count). The number of hydrogen-bond donors (Lipinski definition) is 1. The molecule has 4 nitrogen and oxygen atoms in total. The van der Waals surface area contributed by atoms with Gasteiger partial charge in [-0.25, -0.2) is 4.79 Å². The number of hydrogen-bond acceptors (Lipinski definition) is 3. The highest BCUT2D eigenvalue weighted by Crippen LogP contribution is 2.17. The van der Waals surface area contributed by atoms with Gasteiger partial charge >= 0.3 is 6.09 Å². The smallest absolute Gasteiger partial charge is 0.410 e. The van der Waals surface area contributed by atoms with Crippen molar-refractivity contribution in [3.8, 4) is 5.75 Å². The van der Waals surface area contributed by atoms with E-state index in [1.807, 2.05) is 37.2 Å². The fraction of sp³-hybridized carbons (Fsp3) is 0.308. The van der Waals surface area contributed by atoms with Gasteiger partial charge in [-0.1, -0.05) is 28.7 Å². The molecular weight excluding hydrogens is 343 g/mol. The summed E-state index contributed by atoms with van der Waals surface area (Å²) in [7, 11) is 5.43. The third kappa shape index (κ3) is 7.16. The third-order valence-corrected chi connectivity index (χ3v) is 2.50. The molecule has 0 saturated carbocycles. The number of halogens is 1. The highest BCUT2D eigenvalue weighted by atomic mass is 127. The van der Waals surface area contributed by atoms with Crippen LogP contribution < -0.4 is 15.0 Å². The van der Waals surface area contributed by atoms with Gasteiger partial charge in [0.25, 0.3) is 0 Å². The Kier molecular flexibility index (Phi) is 9.08. The van der Waals surface area contributed by atoms with Crippen molar-refractivity contribution in [2.45, 2.75) is 0 Å². The average Bonchev–Trinajstić information content (AvgIpc) is 2.39. The van der Waals surface area contributed by atoms with Crippen molar-refractivity contribution >= 4 is 34.4 Å². The molecule has 0 heterocycles. The van der Waals surface area contributed by atoms with E-state index in [1.54, 1.807) is 12.1 Å². The van der Waals surface area contributed by atoms with Crippen molar-refractivity contribution in [2.24, 2.45) is 0 Å². The minimum Gasteiger partial charge on any atom is -0.410 e. The van der Waals surface area contributed by atoms with E-state index in [4.69, 9.17) is 4.74 Å². The van der Waals surface area contributed by atoms with E-state index in [0.29, 0.717) is 5.75 Å². The second-order valence-corrected chi connectivity index (χ2v) is 4.35. The molecule has 0 saturated heterocycles. The van der Waals surface area contributed by atoms with Crippen LogP contribution in [-0.2, 0) is 0 Å². The molecule has 0 atom stereocenters. The predicted molar refractivity (Wildman–Crippen MR) is 84.9 cm³/mol. The van der Waals surface area contributed by atoms with E-state index in [9.17, 15) is 4.79 Å². The number of rotatable bonds is 3. The van der Waals surface area contributed by atoms with Gasteiger partial charge in [0, 0.05) is 31.3 Å². The molecule has 0 unspecified atom stereocenters. The minimum atomic E-state index is -0.456. The van der Waals surface area contributed by atoms with Crippen LogP contribution in [0, 0.1) is 0 Å². The van der Waals surface area contributed by atoms with Crippen LogP contribution in [0.3, 0.4) is 0 Å². The molecule has 1 N–H and O–H groups in total. The zero-order valence-corrected chi connectivity index (χ0v) is 13.1. The van der Waals surface area contributed by atoms with E-state index in [-0.39, 0.29) is 0 Å². The molecule has 100 valence electrons. The Bertz CT molecular complexity index is 364. The molecule has 0 radical (unpaired) electrons. The van der Waals surface area contributed by atoms with Gasteiger partial charge in [0.2, 0.25) is 0 Å². The Hall–Kier alpha value is -1.24. The van der Waals surface area contributed by atoms with Gasteiger partial charge in [0.15, 0.2) is 0 Å². The molecular formula is C13H19IN2O2. The molecule has 5 heteroatoms. The first-order chi connectivity index (χ1) is 8.54. The number of carbonyl (C=O) groups excluding carboxylic acids is 1. The lowest BCUT2D eigenvalue weighted by molar-refractivity contribution is 0.203. The van der Waals surface area contributed by atoms with Gasteiger partial charge in [-0.2, -0.15) is 0 Å². The first kappa shape index (κ1) is 16.8.